The molecule has 0 unspecified atom stereocenters. The molecule has 44 heavy (non-hydrogen) atoms. The van der Waals surface area contributed by atoms with Crippen molar-refractivity contribution in [1.29, 1.82) is 0 Å². The molecule has 0 atom stereocenters. The van der Waals surface area contributed by atoms with E-state index in [1.807, 2.05) is 6.92 Å². The van der Waals surface area contributed by atoms with Gasteiger partial charge in [0.15, 0.2) is 11.8 Å². The second-order valence-corrected chi connectivity index (χ2v) is 12.8. The maximum Gasteiger partial charge on any atom is 0.227 e. The van der Waals surface area contributed by atoms with Crippen molar-refractivity contribution in [2.24, 2.45) is 7.05 Å². The molecule has 2 bridgehead atoms. The lowest BCUT2D eigenvalue weighted by atomic mass is 9.60. The van der Waals surface area contributed by atoms with Gasteiger partial charge < -0.3 is 4.42 Å². The van der Waals surface area contributed by atoms with Gasteiger partial charge >= 0.3 is 0 Å². The molecule has 0 aliphatic heterocycles. The van der Waals surface area contributed by atoms with E-state index < -0.39 is 0 Å². The molecule has 3 heteroatoms. The van der Waals surface area contributed by atoms with E-state index in [4.69, 9.17) is 9.40 Å². The lowest BCUT2D eigenvalue weighted by molar-refractivity contribution is -0.660. The highest BCUT2D eigenvalue weighted by Gasteiger charge is 2.42. The van der Waals surface area contributed by atoms with E-state index >= 15 is 0 Å². The highest BCUT2D eigenvalue weighted by atomic mass is 16.3. The van der Waals surface area contributed by atoms with Crippen LogP contribution >= 0.6 is 0 Å². The Morgan fingerprint density at radius 1 is 0.636 bits per heavy atom. The average molecular weight is 570 g/mol. The third kappa shape index (κ3) is 3.38. The van der Waals surface area contributed by atoms with E-state index in [0.29, 0.717) is 5.71 Å². The summed E-state index contributed by atoms with van der Waals surface area (Å²) in [5.74, 6) is 0.537. The molecular weight excluding hydrogens is 536 g/mol. The Labute approximate surface area is 257 Å². The number of furan rings is 1. The van der Waals surface area contributed by atoms with Crippen LogP contribution in [0.5, 0.6) is 0 Å². The van der Waals surface area contributed by atoms with Crippen molar-refractivity contribution < 1.29 is 8.98 Å². The number of hydrogen-bond donors (Lipinski definition) is 0. The van der Waals surface area contributed by atoms with E-state index in [-0.39, 0.29) is 11.8 Å². The number of nitrogens with zero attached hydrogens (tertiary/aromatic N) is 2. The van der Waals surface area contributed by atoms with Crippen LogP contribution in [0.1, 0.15) is 67.6 Å². The largest absolute Gasteiger partial charge is 0.437 e. The van der Waals surface area contributed by atoms with E-state index in [1.165, 1.54) is 61.2 Å². The van der Waals surface area contributed by atoms with Crippen LogP contribution in [-0.4, -0.2) is 4.98 Å². The molecule has 4 aromatic carbocycles. The van der Waals surface area contributed by atoms with Gasteiger partial charge in [-0.15, -0.1) is 0 Å². The molecule has 0 saturated carbocycles. The van der Waals surface area contributed by atoms with Gasteiger partial charge in [0.1, 0.15) is 7.05 Å². The van der Waals surface area contributed by atoms with Gasteiger partial charge in [0.25, 0.3) is 0 Å². The fraction of sp³-hybridized carbons (Fsp3) is 0.171. The van der Waals surface area contributed by atoms with Gasteiger partial charge in [-0.2, -0.15) is 0 Å². The van der Waals surface area contributed by atoms with Crippen LogP contribution in [0.4, 0.5) is 0 Å². The zero-order chi connectivity index (χ0) is 29.9. The molecule has 10 rings (SSSR count). The molecule has 3 aliphatic carbocycles. The summed E-state index contributed by atoms with van der Waals surface area (Å²) in [6, 6.07) is 34.0. The Balaban J connectivity index is 1.27. The third-order valence-electron chi connectivity index (χ3n) is 10.1. The van der Waals surface area contributed by atoms with Crippen molar-refractivity contribution in [3.63, 3.8) is 0 Å². The quantitative estimate of drug-likeness (QED) is 0.194. The minimum atomic E-state index is 0.253. The molecule has 0 saturated heterocycles. The molecule has 3 nitrogen and oxygen atoms in total. The number of aromatic nitrogens is 2. The molecule has 3 aromatic heterocycles. The van der Waals surface area contributed by atoms with Crippen molar-refractivity contribution in [3.05, 3.63) is 153 Å². The first-order valence-corrected chi connectivity index (χ1v) is 15.5. The SMILES string of the molecule is Cc1ccc2c(n1)oc1c(-c3cc(-c4cc(C)c5c(c4)C4c6ccccc6C5c5ccccc54)c(C)c[n+]3C)c(C)ccc12. The van der Waals surface area contributed by atoms with Gasteiger partial charge in [0, 0.05) is 39.9 Å². The predicted octanol–water partition coefficient (Wildman–Crippen LogP) is 9.36. The third-order valence-corrected chi connectivity index (χ3v) is 10.1. The minimum Gasteiger partial charge on any atom is -0.437 e. The standard InChI is InChI=1S/C41H33N2O/c1-22-14-16-31-32-17-15-25(4)42-41(32)44-40(31)37(22)35-20-33(24(3)21-43(35)5)26-18-23(2)36-34(19-26)38-27-10-6-8-12-29(27)39(36)30-13-9-7-11-28(30)38/h6-21,38-39H,1-5H3/q+1. The molecule has 3 heterocycles. The zero-order valence-electron chi connectivity index (χ0n) is 25.7. The number of aryl methyl sites for hydroxylation is 5. The van der Waals surface area contributed by atoms with Gasteiger partial charge in [0.2, 0.25) is 11.4 Å². The molecule has 212 valence electrons. The average Bonchev–Trinajstić information content (AvgIpc) is 3.38. The van der Waals surface area contributed by atoms with Crippen LogP contribution < -0.4 is 4.57 Å². The lowest BCUT2D eigenvalue weighted by Crippen LogP contribution is -2.31. The molecule has 0 spiro atoms. The lowest BCUT2D eigenvalue weighted by Gasteiger charge is -2.43. The molecule has 0 radical (unpaired) electrons. The maximum atomic E-state index is 6.50. The van der Waals surface area contributed by atoms with Crippen molar-refractivity contribution >= 4 is 22.1 Å². The Morgan fingerprint density at radius 2 is 1.30 bits per heavy atom. The fourth-order valence-corrected chi connectivity index (χ4v) is 8.24. The monoisotopic (exact) mass is 569 g/mol. The predicted molar refractivity (Wildman–Crippen MR) is 177 cm³/mol. The normalized spacial score (nSPS) is 16.3. The zero-order valence-corrected chi connectivity index (χ0v) is 25.7. The van der Waals surface area contributed by atoms with Gasteiger partial charge in [0.05, 0.1) is 5.56 Å². The van der Waals surface area contributed by atoms with Crippen LogP contribution in [0.15, 0.2) is 102 Å². The van der Waals surface area contributed by atoms with Crippen LogP contribution in [0.2, 0.25) is 0 Å². The number of hydrogen-bond acceptors (Lipinski definition) is 2. The maximum absolute atomic E-state index is 6.50. The summed E-state index contributed by atoms with van der Waals surface area (Å²) in [5, 5.41) is 2.16. The van der Waals surface area contributed by atoms with Crippen molar-refractivity contribution in [2.45, 2.75) is 39.5 Å². The van der Waals surface area contributed by atoms with Gasteiger partial charge in [-0.1, -0.05) is 66.7 Å². The number of benzene rings is 4. The summed E-state index contributed by atoms with van der Waals surface area (Å²) in [7, 11) is 2.14. The summed E-state index contributed by atoms with van der Waals surface area (Å²) in [6.45, 7) is 8.72. The second kappa shape index (κ2) is 9.00. The van der Waals surface area contributed by atoms with E-state index in [1.54, 1.807) is 0 Å². The first-order chi connectivity index (χ1) is 21.4. The van der Waals surface area contributed by atoms with Gasteiger partial charge in [-0.05, 0) is 102 Å². The topological polar surface area (TPSA) is 29.9 Å². The van der Waals surface area contributed by atoms with E-state index in [2.05, 4.69) is 130 Å². The molecule has 7 aromatic rings. The van der Waals surface area contributed by atoms with Crippen LogP contribution in [-0.2, 0) is 7.05 Å². The van der Waals surface area contributed by atoms with E-state index in [9.17, 15) is 0 Å². The van der Waals surface area contributed by atoms with Crippen molar-refractivity contribution in [3.8, 4) is 22.4 Å². The summed E-state index contributed by atoms with van der Waals surface area (Å²) in [5.41, 5.74) is 19.9. The van der Waals surface area contributed by atoms with Crippen LogP contribution in [0.3, 0.4) is 0 Å². The summed E-state index contributed by atoms with van der Waals surface area (Å²) >= 11 is 0. The van der Waals surface area contributed by atoms with Gasteiger partial charge in [-0.3, -0.25) is 0 Å². The summed E-state index contributed by atoms with van der Waals surface area (Å²) in [4.78, 5) is 4.71. The van der Waals surface area contributed by atoms with Gasteiger partial charge in [-0.25, -0.2) is 9.55 Å². The molecule has 0 fully saturated rings. The number of pyridine rings is 2. The minimum absolute atomic E-state index is 0.253. The van der Waals surface area contributed by atoms with Crippen molar-refractivity contribution in [2.75, 3.05) is 0 Å². The Bertz CT molecular complexity index is 2310. The molecular formula is C41H33N2O+. The molecule has 0 amide bonds. The number of rotatable bonds is 2. The molecule has 3 aliphatic rings. The second-order valence-electron chi connectivity index (χ2n) is 12.8. The van der Waals surface area contributed by atoms with Crippen LogP contribution in [0, 0.1) is 27.7 Å². The summed E-state index contributed by atoms with van der Waals surface area (Å²) < 4.78 is 8.74. The fourth-order valence-electron chi connectivity index (χ4n) is 8.24. The van der Waals surface area contributed by atoms with Crippen molar-refractivity contribution in [1.82, 2.24) is 4.98 Å². The van der Waals surface area contributed by atoms with Crippen LogP contribution in [0.25, 0.3) is 44.5 Å². The highest BCUT2D eigenvalue weighted by Crippen LogP contribution is 2.57. The Morgan fingerprint density at radius 3 is 2.00 bits per heavy atom. The first-order valence-electron chi connectivity index (χ1n) is 15.5. The van der Waals surface area contributed by atoms with E-state index in [0.717, 1.165) is 33.3 Å². The Kier molecular flexibility index (Phi) is 5.21. The first kappa shape index (κ1) is 25.5. The Hall–Kier alpha value is -5.02. The number of fused-ring (bicyclic) bond motifs is 3. The smallest absolute Gasteiger partial charge is 0.227 e. The summed E-state index contributed by atoms with van der Waals surface area (Å²) in [6.07, 6.45) is 2.26. The highest BCUT2D eigenvalue weighted by molar-refractivity contribution is 6.09. The molecule has 0 N–H and O–H groups in total.